The van der Waals surface area contributed by atoms with E-state index in [1.807, 2.05) is 0 Å². The summed E-state index contributed by atoms with van der Waals surface area (Å²) in [4.78, 5) is 2.47. The Hall–Kier alpha value is -0.0800. The maximum absolute atomic E-state index is 10.2. The number of hydrogen-bond acceptors (Lipinski definition) is 2. The lowest BCUT2D eigenvalue weighted by Crippen LogP contribution is -2.41. The van der Waals surface area contributed by atoms with Gasteiger partial charge in [0, 0.05) is 12.6 Å². The average Bonchev–Trinajstić information content (AvgIpc) is 2.33. The molecule has 108 valence electrons. The molecule has 1 N–H and O–H groups in total. The summed E-state index contributed by atoms with van der Waals surface area (Å²) in [6, 6.07) is 0.677. The van der Waals surface area contributed by atoms with Gasteiger partial charge in [0.1, 0.15) is 0 Å². The highest BCUT2D eigenvalue weighted by atomic mass is 16.3. The molecule has 0 amide bonds. The number of hydrogen-bond donors (Lipinski definition) is 1. The van der Waals surface area contributed by atoms with Crippen molar-refractivity contribution < 1.29 is 5.11 Å². The predicted molar refractivity (Wildman–Crippen MR) is 78.7 cm³/mol. The number of aliphatic hydroxyl groups excluding tert-OH is 1. The van der Waals surface area contributed by atoms with Gasteiger partial charge in [0.15, 0.2) is 0 Å². The Bertz CT molecular complexity index is 225. The Labute approximate surface area is 114 Å². The van der Waals surface area contributed by atoms with Crippen molar-refractivity contribution in [3.05, 3.63) is 0 Å². The third-order valence-corrected chi connectivity index (χ3v) is 5.01. The molecule has 0 aromatic carbocycles. The van der Waals surface area contributed by atoms with Crippen molar-refractivity contribution in [1.29, 1.82) is 0 Å². The molecule has 1 fully saturated rings. The van der Waals surface area contributed by atoms with Gasteiger partial charge in [-0.1, -0.05) is 27.7 Å². The smallest absolute Gasteiger partial charge is 0.0580 e. The Kier molecular flexibility index (Phi) is 6.65. The van der Waals surface area contributed by atoms with Crippen LogP contribution in [0.25, 0.3) is 0 Å². The quantitative estimate of drug-likeness (QED) is 0.784. The van der Waals surface area contributed by atoms with E-state index in [1.165, 1.54) is 25.7 Å². The highest BCUT2D eigenvalue weighted by molar-refractivity contribution is 4.83. The second kappa shape index (κ2) is 7.49. The van der Waals surface area contributed by atoms with E-state index in [1.54, 1.807) is 0 Å². The minimum absolute atomic E-state index is 0.0724. The number of rotatable bonds is 6. The molecule has 0 aromatic rings. The van der Waals surface area contributed by atoms with Gasteiger partial charge in [-0.15, -0.1) is 0 Å². The van der Waals surface area contributed by atoms with E-state index in [0.29, 0.717) is 12.0 Å². The van der Waals surface area contributed by atoms with Crippen LogP contribution in [-0.2, 0) is 0 Å². The van der Waals surface area contributed by atoms with Gasteiger partial charge in [0.25, 0.3) is 0 Å². The van der Waals surface area contributed by atoms with Crippen LogP contribution in [0.2, 0.25) is 0 Å². The third-order valence-electron chi connectivity index (χ3n) is 5.01. The maximum atomic E-state index is 10.2. The third kappa shape index (κ3) is 4.24. The van der Waals surface area contributed by atoms with E-state index in [4.69, 9.17) is 0 Å². The number of nitrogens with zero attached hydrogens (tertiary/aromatic N) is 1. The van der Waals surface area contributed by atoms with Crippen molar-refractivity contribution in [1.82, 2.24) is 4.90 Å². The standard InChI is InChI=1S/C16H33NO/c1-6-15(7-2)17(5)11-14-10-13(12(3)4)8-9-16(14)18/h12-16,18H,6-11H2,1-5H3. The molecule has 1 aliphatic carbocycles. The molecule has 1 rings (SSSR count). The van der Waals surface area contributed by atoms with Crippen LogP contribution in [-0.4, -0.2) is 35.7 Å². The van der Waals surface area contributed by atoms with Gasteiger partial charge in [-0.05, 0) is 56.9 Å². The summed E-state index contributed by atoms with van der Waals surface area (Å²) in [5.74, 6) is 2.06. The zero-order chi connectivity index (χ0) is 13.7. The number of aliphatic hydroxyl groups is 1. The largest absolute Gasteiger partial charge is 0.393 e. The van der Waals surface area contributed by atoms with Crippen molar-refractivity contribution >= 4 is 0 Å². The maximum Gasteiger partial charge on any atom is 0.0580 e. The Morgan fingerprint density at radius 1 is 1.17 bits per heavy atom. The van der Waals surface area contributed by atoms with Crippen LogP contribution >= 0.6 is 0 Å². The SMILES string of the molecule is CCC(CC)N(C)CC1CC(C(C)C)CCC1O. The van der Waals surface area contributed by atoms with Gasteiger partial charge in [-0.2, -0.15) is 0 Å². The molecule has 3 atom stereocenters. The molecule has 0 saturated heterocycles. The fourth-order valence-corrected chi connectivity index (χ4v) is 3.52. The lowest BCUT2D eigenvalue weighted by atomic mass is 9.74. The van der Waals surface area contributed by atoms with Crippen LogP contribution in [0.4, 0.5) is 0 Å². The van der Waals surface area contributed by atoms with Crippen LogP contribution in [0.5, 0.6) is 0 Å². The molecule has 2 heteroatoms. The van der Waals surface area contributed by atoms with Crippen LogP contribution in [0.15, 0.2) is 0 Å². The molecule has 0 spiro atoms. The topological polar surface area (TPSA) is 23.5 Å². The van der Waals surface area contributed by atoms with Crippen LogP contribution in [0.1, 0.15) is 59.8 Å². The monoisotopic (exact) mass is 255 g/mol. The molecule has 18 heavy (non-hydrogen) atoms. The summed E-state index contributed by atoms with van der Waals surface area (Å²) >= 11 is 0. The van der Waals surface area contributed by atoms with Gasteiger partial charge in [-0.25, -0.2) is 0 Å². The van der Waals surface area contributed by atoms with E-state index in [0.717, 1.165) is 24.8 Å². The first-order valence-electron chi connectivity index (χ1n) is 7.87. The predicted octanol–water partition coefficient (Wildman–Crippen LogP) is 3.54. The van der Waals surface area contributed by atoms with Crippen molar-refractivity contribution in [2.45, 2.75) is 71.9 Å². The van der Waals surface area contributed by atoms with Crippen LogP contribution < -0.4 is 0 Å². The molecule has 2 nitrogen and oxygen atoms in total. The average molecular weight is 255 g/mol. The van der Waals surface area contributed by atoms with E-state index in [9.17, 15) is 5.11 Å². The first-order chi connectivity index (χ1) is 8.49. The van der Waals surface area contributed by atoms with Crippen molar-refractivity contribution in [2.75, 3.05) is 13.6 Å². The summed E-state index contributed by atoms with van der Waals surface area (Å²) < 4.78 is 0. The lowest BCUT2D eigenvalue weighted by Gasteiger charge is -2.39. The normalized spacial score (nSPS) is 29.5. The molecule has 1 aliphatic rings. The second-order valence-electron chi connectivity index (χ2n) is 6.55. The van der Waals surface area contributed by atoms with Gasteiger partial charge >= 0.3 is 0 Å². The first-order valence-corrected chi connectivity index (χ1v) is 7.87. The van der Waals surface area contributed by atoms with Crippen molar-refractivity contribution in [3.8, 4) is 0 Å². The Morgan fingerprint density at radius 2 is 1.78 bits per heavy atom. The summed E-state index contributed by atoms with van der Waals surface area (Å²) in [5.41, 5.74) is 0. The van der Waals surface area contributed by atoms with Gasteiger partial charge in [0.05, 0.1) is 6.10 Å². The molecule has 0 radical (unpaired) electrons. The summed E-state index contributed by atoms with van der Waals surface area (Å²) in [6.07, 6.45) is 5.78. The van der Waals surface area contributed by atoms with Crippen LogP contribution in [0, 0.1) is 17.8 Å². The van der Waals surface area contributed by atoms with Gasteiger partial charge in [0.2, 0.25) is 0 Å². The van der Waals surface area contributed by atoms with E-state index in [2.05, 4.69) is 39.6 Å². The molecule has 1 saturated carbocycles. The van der Waals surface area contributed by atoms with E-state index in [-0.39, 0.29) is 6.10 Å². The van der Waals surface area contributed by atoms with Crippen LogP contribution in [0.3, 0.4) is 0 Å². The second-order valence-corrected chi connectivity index (χ2v) is 6.55. The summed E-state index contributed by atoms with van der Waals surface area (Å²) in [5, 5.41) is 10.2. The fraction of sp³-hybridized carbons (Fsp3) is 1.00. The lowest BCUT2D eigenvalue weighted by molar-refractivity contribution is 0.0155. The van der Waals surface area contributed by atoms with Gasteiger partial charge < -0.3 is 10.0 Å². The molecule has 0 heterocycles. The van der Waals surface area contributed by atoms with Crippen molar-refractivity contribution in [3.63, 3.8) is 0 Å². The van der Waals surface area contributed by atoms with Gasteiger partial charge in [-0.3, -0.25) is 0 Å². The molecular formula is C16H33NO. The molecule has 0 aliphatic heterocycles. The zero-order valence-electron chi connectivity index (χ0n) is 13.0. The molecular weight excluding hydrogens is 222 g/mol. The Balaban J connectivity index is 2.52. The zero-order valence-corrected chi connectivity index (χ0v) is 13.0. The Morgan fingerprint density at radius 3 is 2.28 bits per heavy atom. The molecule has 0 aromatic heterocycles. The van der Waals surface area contributed by atoms with E-state index >= 15 is 0 Å². The molecule has 0 bridgehead atoms. The highest BCUT2D eigenvalue weighted by Crippen LogP contribution is 2.34. The highest BCUT2D eigenvalue weighted by Gasteiger charge is 2.31. The first kappa shape index (κ1) is 16.0. The fourth-order valence-electron chi connectivity index (χ4n) is 3.52. The summed E-state index contributed by atoms with van der Waals surface area (Å²) in [7, 11) is 2.23. The minimum atomic E-state index is -0.0724. The van der Waals surface area contributed by atoms with E-state index < -0.39 is 0 Å². The van der Waals surface area contributed by atoms with Crippen molar-refractivity contribution in [2.24, 2.45) is 17.8 Å². The molecule has 3 unspecified atom stereocenters. The minimum Gasteiger partial charge on any atom is -0.393 e. The summed E-state index contributed by atoms with van der Waals surface area (Å²) in [6.45, 7) is 10.2.